The van der Waals surface area contributed by atoms with Crippen LogP contribution in [0.2, 0.25) is 0 Å². The molecule has 2 aromatic rings. The highest BCUT2D eigenvalue weighted by Crippen LogP contribution is 2.35. The predicted molar refractivity (Wildman–Crippen MR) is 102 cm³/mol. The van der Waals surface area contributed by atoms with Crippen LogP contribution in [-0.2, 0) is 6.42 Å². The Labute approximate surface area is 151 Å². The van der Waals surface area contributed by atoms with E-state index >= 15 is 0 Å². The number of nitrogens with one attached hydrogen (secondary N) is 1. The highest BCUT2D eigenvalue weighted by molar-refractivity contribution is 9.11. The Kier molecular flexibility index (Phi) is 6.33. The first-order chi connectivity index (χ1) is 9.95. The van der Waals surface area contributed by atoms with Crippen LogP contribution in [0.1, 0.15) is 24.5 Å². The average Bonchev–Trinajstić information content (AvgIpc) is 2.40. The average molecular weight is 476 g/mol. The minimum Gasteiger partial charge on any atom is -0.381 e. The maximum atomic E-state index is 3.61. The lowest BCUT2D eigenvalue weighted by atomic mass is 10.0. The minimum atomic E-state index is 0.402. The van der Waals surface area contributed by atoms with E-state index in [-0.39, 0.29) is 0 Å². The van der Waals surface area contributed by atoms with Gasteiger partial charge in [0.1, 0.15) is 0 Å². The van der Waals surface area contributed by atoms with Gasteiger partial charge in [0, 0.05) is 19.5 Å². The molecule has 0 spiro atoms. The fraction of sp³-hybridized carbons (Fsp3) is 0.294. The molecule has 1 N–H and O–H groups in total. The smallest absolute Gasteiger partial charge is 0.0631 e. The van der Waals surface area contributed by atoms with Crippen molar-refractivity contribution in [3.05, 3.63) is 60.9 Å². The first-order valence-corrected chi connectivity index (χ1v) is 9.30. The molecule has 1 nitrogen and oxygen atoms in total. The number of anilines is 1. The van der Waals surface area contributed by atoms with E-state index in [4.69, 9.17) is 0 Å². The monoisotopic (exact) mass is 473 g/mol. The molecule has 21 heavy (non-hydrogen) atoms. The van der Waals surface area contributed by atoms with Crippen LogP contribution >= 0.6 is 47.8 Å². The molecular weight excluding hydrogens is 458 g/mol. The summed E-state index contributed by atoms with van der Waals surface area (Å²) < 4.78 is 3.18. The van der Waals surface area contributed by atoms with Gasteiger partial charge in [-0.2, -0.15) is 0 Å². The van der Waals surface area contributed by atoms with Crippen LogP contribution in [0.15, 0.2) is 49.8 Å². The molecule has 0 saturated carbocycles. The van der Waals surface area contributed by atoms with Crippen LogP contribution in [0.3, 0.4) is 0 Å². The molecule has 0 aliphatic rings. The van der Waals surface area contributed by atoms with Crippen LogP contribution in [0, 0.1) is 6.92 Å². The minimum absolute atomic E-state index is 0.402. The van der Waals surface area contributed by atoms with E-state index in [1.165, 1.54) is 11.1 Å². The van der Waals surface area contributed by atoms with Crippen LogP contribution in [0.25, 0.3) is 0 Å². The highest BCUT2D eigenvalue weighted by Gasteiger charge is 2.10. The summed E-state index contributed by atoms with van der Waals surface area (Å²) in [6.07, 6.45) is 2.18. The molecule has 0 aliphatic heterocycles. The Balaban J connectivity index is 1.97. The summed E-state index contributed by atoms with van der Waals surface area (Å²) in [7, 11) is 0. The van der Waals surface area contributed by atoms with E-state index in [9.17, 15) is 0 Å². The van der Waals surface area contributed by atoms with Crippen LogP contribution in [0.5, 0.6) is 0 Å². The predicted octanol–water partition coefficient (Wildman–Crippen LogP) is 6.72. The molecule has 0 amide bonds. The summed E-state index contributed by atoms with van der Waals surface area (Å²) in [6.45, 7) is 4.36. The molecule has 112 valence electrons. The van der Waals surface area contributed by atoms with Gasteiger partial charge in [0.2, 0.25) is 0 Å². The number of aryl methyl sites for hydroxylation is 2. The van der Waals surface area contributed by atoms with Crippen molar-refractivity contribution in [2.45, 2.75) is 32.7 Å². The van der Waals surface area contributed by atoms with E-state index in [1.54, 1.807) is 0 Å². The van der Waals surface area contributed by atoms with Crippen LogP contribution in [0.4, 0.5) is 5.69 Å². The summed E-state index contributed by atoms with van der Waals surface area (Å²) >= 11 is 10.7. The molecule has 1 atom stereocenters. The number of hydrogen-bond acceptors (Lipinski definition) is 1. The van der Waals surface area contributed by atoms with Crippen molar-refractivity contribution in [3.8, 4) is 0 Å². The van der Waals surface area contributed by atoms with Gasteiger partial charge in [-0.25, -0.2) is 0 Å². The Bertz CT molecular complexity index is 602. The van der Waals surface area contributed by atoms with Crippen molar-refractivity contribution in [1.29, 1.82) is 0 Å². The van der Waals surface area contributed by atoms with Crippen molar-refractivity contribution < 1.29 is 0 Å². The fourth-order valence-corrected chi connectivity index (χ4v) is 4.74. The summed E-state index contributed by atoms with van der Waals surface area (Å²) in [5.41, 5.74) is 3.83. The van der Waals surface area contributed by atoms with E-state index in [0.29, 0.717) is 6.04 Å². The molecule has 2 aromatic carbocycles. The van der Waals surface area contributed by atoms with Gasteiger partial charge in [-0.05, 0) is 76.2 Å². The van der Waals surface area contributed by atoms with Gasteiger partial charge in [0.05, 0.1) is 5.69 Å². The van der Waals surface area contributed by atoms with Gasteiger partial charge in [-0.15, -0.1) is 0 Å². The first-order valence-electron chi connectivity index (χ1n) is 6.92. The largest absolute Gasteiger partial charge is 0.381 e. The quantitative estimate of drug-likeness (QED) is 0.506. The van der Waals surface area contributed by atoms with E-state index in [1.807, 2.05) is 0 Å². The second-order valence-corrected chi connectivity index (χ2v) is 7.94. The zero-order valence-electron chi connectivity index (χ0n) is 12.1. The Morgan fingerprint density at radius 3 is 2.33 bits per heavy atom. The van der Waals surface area contributed by atoms with Gasteiger partial charge in [0.25, 0.3) is 0 Å². The van der Waals surface area contributed by atoms with Crippen molar-refractivity contribution in [3.63, 3.8) is 0 Å². The van der Waals surface area contributed by atoms with Crippen LogP contribution in [-0.4, -0.2) is 6.04 Å². The zero-order chi connectivity index (χ0) is 15.4. The molecule has 0 bridgehead atoms. The third kappa shape index (κ3) is 5.11. The Morgan fingerprint density at radius 1 is 1.05 bits per heavy atom. The lowest BCUT2D eigenvalue weighted by Crippen LogP contribution is -2.16. The third-order valence-corrected chi connectivity index (χ3v) is 5.05. The van der Waals surface area contributed by atoms with Gasteiger partial charge < -0.3 is 5.32 Å². The molecule has 0 saturated heterocycles. The number of halogens is 3. The van der Waals surface area contributed by atoms with Gasteiger partial charge in [-0.3, -0.25) is 0 Å². The van der Waals surface area contributed by atoms with Crippen molar-refractivity contribution >= 4 is 53.5 Å². The van der Waals surface area contributed by atoms with Crippen LogP contribution < -0.4 is 5.32 Å². The van der Waals surface area contributed by atoms with Crippen molar-refractivity contribution in [1.82, 2.24) is 0 Å². The standard InChI is InChI=1S/C17H18Br3N/c1-11-4-3-5-13(8-11)7-6-12(2)21-17-15(19)9-14(18)10-16(17)20/h3-5,8-10,12,21H,6-7H2,1-2H3. The lowest BCUT2D eigenvalue weighted by Gasteiger charge is -2.18. The molecule has 1 unspecified atom stereocenters. The van der Waals surface area contributed by atoms with E-state index in [0.717, 1.165) is 31.9 Å². The van der Waals surface area contributed by atoms with Crippen molar-refractivity contribution in [2.75, 3.05) is 5.32 Å². The zero-order valence-corrected chi connectivity index (χ0v) is 16.8. The molecule has 0 aromatic heterocycles. The summed E-state index contributed by atoms with van der Waals surface area (Å²) in [5.74, 6) is 0. The number of hydrogen-bond donors (Lipinski definition) is 1. The number of rotatable bonds is 5. The Morgan fingerprint density at radius 2 is 1.71 bits per heavy atom. The summed E-state index contributed by atoms with van der Waals surface area (Å²) in [6, 6.07) is 13.2. The van der Waals surface area contributed by atoms with Crippen molar-refractivity contribution in [2.24, 2.45) is 0 Å². The second-order valence-electron chi connectivity index (χ2n) is 5.32. The molecule has 4 heteroatoms. The summed E-state index contributed by atoms with van der Waals surface area (Å²) in [4.78, 5) is 0. The normalized spacial score (nSPS) is 12.2. The second kappa shape index (κ2) is 7.80. The topological polar surface area (TPSA) is 12.0 Å². The fourth-order valence-electron chi connectivity index (χ4n) is 2.25. The first kappa shape index (κ1) is 17.0. The van der Waals surface area contributed by atoms with Gasteiger partial charge in [-0.1, -0.05) is 45.8 Å². The van der Waals surface area contributed by atoms with E-state index < -0.39 is 0 Å². The van der Waals surface area contributed by atoms with Gasteiger partial charge >= 0.3 is 0 Å². The molecule has 0 fully saturated rings. The van der Waals surface area contributed by atoms with E-state index in [2.05, 4.69) is 103 Å². The SMILES string of the molecule is Cc1cccc(CCC(C)Nc2c(Br)cc(Br)cc2Br)c1. The maximum absolute atomic E-state index is 3.61. The highest BCUT2D eigenvalue weighted by atomic mass is 79.9. The maximum Gasteiger partial charge on any atom is 0.0631 e. The lowest BCUT2D eigenvalue weighted by molar-refractivity contribution is 0.705. The van der Waals surface area contributed by atoms with Gasteiger partial charge in [0.15, 0.2) is 0 Å². The summed E-state index contributed by atoms with van der Waals surface area (Å²) in [5, 5.41) is 3.58. The third-order valence-electron chi connectivity index (χ3n) is 3.35. The molecule has 0 heterocycles. The molecular formula is C17H18Br3N. The number of benzene rings is 2. The Hall–Kier alpha value is -0.320. The molecule has 2 rings (SSSR count). The molecule has 0 radical (unpaired) electrons. The molecule has 0 aliphatic carbocycles.